The van der Waals surface area contributed by atoms with Crippen LogP contribution in [0.15, 0.2) is 0 Å². The molecule has 2 aliphatic heterocycles. The summed E-state index contributed by atoms with van der Waals surface area (Å²) >= 11 is 0. The van der Waals surface area contributed by atoms with Crippen LogP contribution in [-0.4, -0.2) is 44.7 Å². The summed E-state index contributed by atoms with van der Waals surface area (Å²) in [6, 6.07) is 0. The topological polar surface area (TPSA) is 53.7 Å². The Labute approximate surface area is 91.1 Å². The second-order valence-electron chi connectivity index (χ2n) is 4.37. The molecule has 2 aliphatic rings. The SMILES string of the molecule is NCC1CCC(COCC2CCCO2)O1. The average Bonchev–Trinajstić information content (AvgIpc) is 2.88. The zero-order valence-electron chi connectivity index (χ0n) is 9.19. The van der Waals surface area contributed by atoms with Gasteiger partial charge in [0.1, 0.15) is 0 Å². The van der Waals surface area contributed by atoms with Gasteiger partial charge in [-0.1, -0.05) is 0 Å². The van der Waals surface area contributed by atoms with E-state index in [0.717, 1.165) is 25.9 Å². The molecule has 15 heavy (non-hydrogen) atoms. The van der Waals surface area contributed by atoms with Crippen LogP contribution in [0, 0.1) is 0 Å². The highest BCUT2D eigenvalue weighted by Gasteiger charge is 2.24. The zero-order chi connectivity index (χ0) is 10.5. The fourth-order valence-corrected chi connectivity index (χ4v) is 2.18. The van der Waals surface area contributed by atoms with E-state index in [4.69, 9.17) is 19.9 Å². The second kappa shape index (κ2) is 5.80. The Kier molecular flexibility index (Phi) is 4.38. The molecular weight excluding hydrogens is 194 g/mol. The van der Waals surface area contributed by atoms with Gasteiger partial charge in [-0.2, -0.15) is 0 Å². The highest BCUT2D eigenvalue weighted by molar-refractivity contribution is 4.74. The maximum absolute atomic E-state index is 5.68. The Morgan fingerprint density at radius 3 is 2.53 bits per heavy atom. The summed E-state index contributed by atoms with van der Waals surface area (Å²) in [7, 11) is 0. The molecule has 88 valence electrons. The van der Waals surface area contributed by atoms with E-state index in [1.807, 2.05) is 0 Å². The van der Waals surface area contributed by atoms with Gasteiger partial charge >= 0.3 is 0 Å². The van der Waals surface area contributed by atoms with Gasteiger partial charge < -0.3 is 19.9 Å². The lowest BCUT2D eigenvalue weighted by Gasteiger charge is -2.14. The van der Waals surface area contributed by atoms with Gasteiger partial charge in [0.15, 0.2) is 0 Å². The van der Waals surface area contributed by atoms with E-state index in [1.54, 1.807) is 0 Å². The predicted molar refractivity (Wildman–Crippen MR) is 56.7 cm³/mol. The molecule has 4 heteroatoms. The zero-order valence-corrected chi connectivity index (χ0v) is 9.19. The van der Waals surface area contributed by atoms with Gasteiger partial charge in [0.25, 0.3) is 0 Å². The number of hydrogen-bond donors (Lipinski definition) is 1. The van der Waals surface area contributed by atoms with Crippen LogP contribution in [0.25, 0.3) is 0 Å². The van der Waals surface area contributed by atoms with Crippen LogP contribution in [0.5, 0.6) is 0 Å². The summed E-state index contributed by atoms with van der Waals surface area (Å²) in [5.41, 5.74) is 5.54. The summed E-state index contributed by atoms with van der Waals surface area (Å²) < 4.78 is 16.8. The largest absolute Gasteiger partial charge is 0.376 e. The first kappa shape index (κ1) is 11.3. The van der Waals surface area contributed by atoms with Crippen LogP contribution >= 0.6 is 0 Å². The van der Waals surface area contributed by atoms with Crippen molar-refractivity contribution in [2.75, 3.05) is 26.4 Å². The molecule has 2 rings (SSSR count). The Morgan fingerprint density at radius 2 is 1.87 bits per heavy atom. The molecule has 0 saturated carbocycles. The fourth-order valence-electron chi connectivity index (χ4n) is 2.18. The van der Waals surface area contributed by atoms with Crippen molar-refractivity contribution < 1.29 is 14.2 Å². The minimum Gasteiger partial charge on any atom is -0.376 e. The first-order chi connectivity index (χ1) is 7.38. The molecule has 4 nitrogen and oxygen atoms in total. The monoisotopic (exact) mass is 215 g/mol. The lowest BCUT2D eigenvalue weighted by Crippen LogP contribution is -2.24. The van der Waals surface area contributed by atoms with Crippen molar-refractivity contribution in [2.45, 2.75) is 44.0 Å². The summed E-state index contributed by atoms with van der Waals surface area (Å²) in [4.78, 5) is 0. The van der Waals surface area contributed by atoms with Crippen molar-refractivity contribution >= 4 is 0 Å². The van der Waals surface area contributed by atoms with Crippen LogP contribution in [0.2, 0.25) is 0 Å². The van der Waals surface area contributed by atoms with Crippen molar-refractivity contribution in [3.05, 3.63) is 0 Å². The van der Waals surface area contributed by atoms with Crippen molar-refractivity contribution in [3.8, 4) is 0 Å². The Bertz CT molecular complexity index is 183. The van der Waals surface area contributed by atoms with Gasteiger partial charge in [0.05, 0.1) is 31.5 Å². The van der Waals surface area contributed by atoms with E-state index in [9.17, 15) is 0 Å². The normalized spacial score (nSPS) is 36.2. The molecule has 0 bridgehead atoms. The van der Waals surface area contributed by atoms with Crippen LogP contribution in [-0.2, 0) is 14.2 Å². The van der Waals surface area contributed by atoms with Crippen molar-refractivity contribution in [2.24, 2.45) is 5.73 Å². The molecule has 2 fully saturated rings. The molecule has 2 saturated heterocycles. The summed E-state index contributed by atoms with van der Waals surface area (Å²) in [6.45, 7) is 2.93. The molecule has 0 aromatic rings. The Hall–Kier alpha value is -0.160. The standard InChI is InChI=1S/C11H21NO3/c12-6-9-3-4-11(15-9)8-13-7-10-2-1-5-14-10/h9-11H,1-8,12H2. The third-order valence-electron chi connectivity index (χ3n) is 3.09. The molecule has 0 radical (unpaired) electrons. The minimum atomic E-state index is 0.250. The summed E-state index contributed by atoms with van der Waals surface area (Å²) in [5.74, 6) is 0. The van der Waals surface area contributed by atoms with Gasteiger partial charge in [-0.3, -0.25) is 0 Å². The van der Waals surface area contributed by atoms with Crippen LogP contribution in [0.1, 0.15) is 25.7 Å². The van der Waals surface area contributed by atoms with Crippen molar-refractivity contribution in [1.29, 1.82) is 0 Å². The van der Waals surface area contributed by atoms with Crippen molar-refractivity contribution in [1.82, 2.24) is 0 Å². The van der Waals surface area contributed by atoms with Gasteiger partial charge in [-0.15, -0.1) is 0 Å². The molecule has 0 aliphatic carbocycles. The lowest BCUT2D eigenvalue weighted by atomic mass is 10.2. The van der Waals surface area contributed by atoms with E-state index >= 15 is 0 Å². The second-order valence-corrected chi connectivity index (χ2v) is 4.37. The van der Waals surface area contributed by atoms with E-state index in [2.05, 4.69) is 0 Å². The number of hydrogen-bond acceptors (Lipinski definition) is 4. The number of ether oxygens (including phenoxy) is 3. The average molecular weight is 215 g/mol. The van der Waals surface area contributed by atoms with E-state index in [0.29, 0.717) is 25.9 Å². The van der Waals surface area contributed by atoms with Crippen LogP contribution in [0.4, 0.5) is 0 Å². The summed E-state index contributed by atoms with van der Waals surface area (Å²) in [6.07, 6.45) is 5.27. The smallest absolute Gasteiger partial charge is 0.0813 e. The van der Waals surface area contributed by atoms with Gasteiger partial charge in [-0.25, -0.2) is 0 Å². The van der Waals surface area contributed by atoms with Crippen molar-refractivity contribution in [3.63, 3.8) is 0 Å². The Morgan fingerprint density at radius 1 is 1.07 bits per heavy atom. The maximum atomic E-state index is 5.68. The van der Waals surface area contributed by atoms with Gasteiger partial charge in [0.2, 0.25) is 0 Å². The predicted octanol–water partition coefficient (Wildman–Crippen LogP) is 0.688. The molecule has 3 unspecified atom stereocenters. The Balaban J connectivity index is 1.54. The molecule has 3 atom stereocenters. The van der Waals surface area contributed by atoms with E-state index in [-0.39, 0.29) is 12.2 Å². The third kappa shape index (κ3) is 3.41. The van der Waals surface area contributed by atoms with Crippen LogP contribution in [0.3, 0.4) is 0 Å². The number of nitrogens with two attached hydrogens (primary N) is 1. The molecule has 2 N–H and O–H groups in total. The quantitative estimate of drug-likeness (QED) is 0.733. The highest BCUT2D eigenvalue weighted by Crippen LogP contribution is 2.19. The molecule has 0 spiro atoms. The fraction of sp³-hybridized carbons (Fsp3) is 1.00. The molecule has 0 amide bonds. The molecule has 0 aromatic carbocycles. The molecule has 0 aromatic heterocycles. The first-order valence-corrected chi connectivity index (χ1v) is 5.93. The maximum Gasteiger partial charge on any atom is 0.0813 e. The molecule has 2 heterocycles. The lowest BCUT2D eigenvalue weighted by molar-refractivity contribution is -0.0394. The summed E-state index contributed by atoms with van der Waals surface area (Å²) in [5, 5.41) is 0. The van der Waals surface area contributed by atoms with Gasteiger partial charge in [0, 0.05) is 13.2 Å². The van der Waals surface area contributed by atoms with Crippen LogP contribution < -0.4 is 5.73 Å². The third-order valence-corrected chi connectivity index (χ3v) is 3.09. The number of rotatable bonds is 5. The molecular formula is C11H21NO3. The minimum absolute atomic E-state index is 0.250. The van der Waals surface area contributed by atoms with E-state index < -0.39 is 0 Å². The van der Waals surface area contributed by atoms with E-state index in [1.165, 1.54) is 6.42 Å². The first-order valence-electron chi connectivity index (χ1n) is 5.93. The highest BCUT2D eigenvalue weighted by atomic mass is 16.6. The van der Waals surface area contributed by atoms with Gasteiger partial charge in [-0.05, 0) is 25.7 Å².